The Morgan fingerprint density at radius 1 is 1.00 bits per heavy atom. The van der Waals surface area contributed by atoms with Gasteiger partial charge in [0.15, 0.2) is 6.23 Å². The van der Waals surface area contributed by atoms with Gasteiger partial charge in [-0.2, -0.15) is 0 Å². The van der Waals surface area contributed by atoms with Gasteiger partial charge in [-0.05, 0) is 47.4 Å². The Hall–Kier alpha value is -1.84. The van der Waals surface area contributed by atoms with Gasteiger partial charge in [0.1, 0.15) is 5.75 Å². The first kappa shape index (κ1) is 14.5. The van der Waals surface area contributed by atoms with Gasteiger partial charge in [-0.1, -0.05) is 58.4 Å². The van der Waals surface area contributed by atoms with Crippen LogP contribution >= 0.6 is 15.9 Å². The third-order valence-electron chi connectivity index (χ3n) is 5.20. The fourth-order valence-corrected chi connectivity index (χ4v) is 4.60. The molecule has 0 radical (unpaired) electrons. The molecule has 3 aromatic rings. The number of nitrogens with zero attached hydrogens (tertiary/aromatic N) is 1. The topological polar surface area (TPSA) is 12.5 Å². The summed E-state index contributed by atoms with van der Waals surface area (Å²) in [6.45, 7) is 1.09. The number of hydrogen-bond donors (Lipinski definition) is 0. The molecule has 1 saturated heterocycles. The minimum absolute atomic E-state index is 0.197. The molecule has 0 bridgehead atoms. The summed E-state index contributed by atoms with van der Waals surface area (Å²) < 4.78 is 7.49. The Morgan fingerprint density at radius 2 is 1.92 bits per heavy atom. The molecular formula is C21H18BrNO. The van der Waals surface area contributed by atoms with Gasteiger partial charge >= 0.3 is 0 Å². The molecule has 3 heteroatoms. The van der Waals surface area contributed by atoms with Crippen molar-refractivity contribution in [1.29, 1.82) is 0 Å². The van der Waals surface area contributed by atoms with E-state index in [1.807, 2.05) is 0 Å². The molecule has 3 aromatic carbocycles. The van der Waals surface area contributed by atoms with Gasteiger partial charge in [0, 0.05) is 16.6 Å². The molecule has 2 atom stereocenters. The highest BCUT2D eigenvalue weighted by Crippen LogP contribution is 2.47. The molecule has 0 unspecified atom stereocenters. The van der Waals surface area contributed by atoms with E-state index in [4.69, 9.17) is 4.74 Å². The maximum absolute atomic E-state index is 6.36. The van der Waals surface area contributed by atoms with E-state index in [-0.39, 0.29) is 12.3 Å². The fraction of sp³-hybridized carbons (Fsp3) is 0.238. The molecule has 0 amide bonds. The minimum atomic E-state index is 0.197. The monoisotopic (exact) mass is 379 g/mol. The van der Waals surface area contributed by atoms with Gasteiger partial charge in [-0.3, -0.25) is 4.90 Å². The van der Waals surface area contributed by atoms with Crippen LogP contribution < -0.4 is 4.74 Å². The van der Waals surface area contributed by atoms with E-state index >= 15 is 0 Å². The Bertz CT molecular complexity index is 923. The smallest absolute Gasteiger partial charge is 0.153 e. The normalized spacial score (nSPS) is 22.9. The SMILES string of the molecule is Brc1cccc([C@@H]2c3c(ccc4ccccc34)O[C@H]3CCCN23)c1. The molecule has 0 N–H and O–H groups in total. The van der Waals surface area contributed by atoms with Crippen LogP contribution in [0.4, 0.5) is 0 Å². The van der Waals surface area contributed by atoms with Crippen molar-refractivity contribution in [3.8, 4) is 5.75 Å². The lowest BCUT2D eigenvalue weighted by Crippen LogP contribution is -2.41. The van der Waals surface area contributed by atoms with Crippen LogP contribution in [0.2, 0.25) is 0 Å². The zero-order chi connectivity index (χ0) is 16.1. The Labute approximate surface area is 150 Å². The number of benzene rings is 3. The second-order valence-corrected chi connectivity index (χ2v) is 7.52. The summed E-state index contributed by atoms with van der Waals surface area (Å²) in [4.78, 5) is 2.52. The molecule has 2 nitrogen and oxygen atoms in total. The fourth-order valence-electron chi connectivity index (χ4n) is 4.19. The molecule has 2 aliphatic rings. The molecule has 1 fully saturated rings. The lowest BCUT2D eigenvalue weighted by Gasteiger charge is -2.40. The van der Waals surface area contributed by atoms with Crippen molar-refractivity contribution >= 4 is 26.7 Å². The summed E-state index contributed by atoms with van der Waals surface area (Å²) in [7, 11) is 0. The average molecular weight is 380 g/mol. The average Bonchev–Trinajstić information content (AvgIpc) is 3.07. The zero-order valence-corrected chi connectivity index (χ0v) is 14.9. The largest absolute Gasteiger partial charge is 0.475 e. The first-order valence-corrected chi connectivity index (χ1v) is 9.30. The summed E-state index contributed by atoms with van der Waals surface area (Å²) in [5.41, 5.74) is 2.64. The first-order chi connectivity index (χ1) is 11.8. The van der Waals surface area contributed by atoms with Gasteiger partial charge in [0.2, 0.25) is 0 Å². The van der Waals surface area contributed by atoms with Crippen LogP contribution in [0.3, 0.4) is 0 Å². The van der Waals surface area contributed by atoms with Crippen molar-refractivity contribution in [2.75, 3.05) is 6.54 Å². The lowest BCUT2D eigenvalue weighted by atomic mass is 9.90. The summed E-state index contributed by atoms with van der Waals surface area (Å²) in [5.74, 6) is 1.04. The van der Waals surface area contributed by atoms with E-state index in [9.17, 15) is 0 Å². The number of halogens is 1. The number of ether oxygens (including phenoxy) is 1. The maximum Gasteiger partial charge on any atom is 0.153 e. The molecule has 2 heterocycles. The molecule has 0 spiro atoms. The van der Waals surface area contributed by atoms with E-state index in [1.54, 1.807) is 0 Å². The second-order valence-electron chi connectivity index (χ2n) is 6.61. The number of fused-ring (bicyclic) bond motifs is 4. The van der Waals surface area contributed by atoms with Gasteiger partial charge in [0.05, 0.1) is 6.04 Å². The summed E-state index contributed by atoms with van der Waals surface area (Å²) in [6.07, 6.45) is 2.50. The Kier molecular flexibility index (Phi) is 3.39. The predicted octanol–water partition coefficient (Wildman–Crippen LogP) is 5.51. The van der Waals surface area contributed by atoms with Crippen LogP contribution in [0.15, 0.2) is 65.1 Å². The molecule has 24 heavy (non-hydrogen) atoms. The van der Waals surface area contributed by atoms with Crippen molar-refractivity contribution < 1.29 is 4.74 Å². The number of rotatable bonds is 1. The van der Waals surface area contributed by atoms with Crippen LogP contribution in [0.25, 0.3) is 10.8 Å². The standard InChI is InChI=1S/C21H18BrNO/c22-16-7-3-6-15(13-16)21-20-17-8-2-1-5-14(17)10-11-18(20)24-19-9-4-12-23(19)21/h1-3,5-8,10-11,13,19,21H,4,9,12H2/t19-,21+/m0/s1. The summed E-state index contributed by atoms with van der Waals surface area (Å²) >= 11 is 3.64. The highest BCUT2D eigenvalue weighted by Gasteiger charge is 2.40. The van der Waals surface area contributed by atoms with Crippen molar-refractivity contribution in [2.24, 2.45) is 0 Å². The maximum atomic E-state index is 6.36. The zero-order valence-electron chi connectivity index (χ0n) is 13.3. The highest BCUT2D eigenvalue weighted by atomic mass is 79.9. The van der Waals surface area contributed by atoms with E-state index in [1.165, 1.54) is 28.3 Å². The van der Waals surface area contributed by atoms with Crippen LogP contribution in [0, 0.1) is 0 Å². The van der Waals surface area contributed by atoms with Crippen LogP contribution in [-0.2, 0) is 0 Å². The highest BCUT2D eigenvalue weighted by molar-refractivity contribution is 9.10. The molecule has 2 aliphatic heterocycles. The Morgan fingerprint density at radius 3 is 2.83 bits per heavy atom. The van der Waals surface area contributed by atoms with E-state index in [2.05, 4.69) is 81.5 Å². The van der Waals surface area contributed by atoms with Gasteiger partial charge < -0.3 is 4.74 Å². The lowest BCUT2D eigenvalue weighted by molar-refractivity contribution is 0.0176. The van der Waals surface area contributed by atoms with Crippen LogP contribution in [-0.4, -0.2) is 17.7 Å². The molecule has 5 rings (SSSR count). The summed E-state index contributed by atoms with van der Waals surface area (Å²) in [6, 6.07) is 21.9. The third kappa shape index (κ3) is 2.19. The van der Waals surface area contributed by atoms with Crippen LogP contribution in [0.1, 0.15) is 30.0 Å². The van der Waals surface area contributed by atoms with Crippen LogP contribution in [0.5, 0.6) is 5.75 Å². The third-order valence-corrected chi connectivity index (χ3v) is 5.69. The predicted molar refractivity (Wildman–Crippen MR) is 100 cm³/mol. The quantitative estimate of drug-likeness (QED) is 0.552. The number of hydrogen-bond acceptors (Lipinski definition) is 2. The summed E-state index contributed by atoms with van der Waals surface area (Å²) in [5, 5.41) is 2.57. The van der Waals surface area contributed by atoms with E-state index in [0.29, 0.717) is 0 Å². The molecule has 0 aliphatic carbocycles. The second kappa shape index (κ2) is 5.61. The van der Waals surface area contributed by atoms with Crippen molar-refractivity contribution in [3.05, 3.63) is 76.3 Å². The molecule has 0 saturated carbocycles. The van der Waals surface area contributed by atoms with Gasteiger partial charge in [-0.15, -0.1) is 0 Å². The first-order valence-electron chi connectivity index (χ1n) is 8.51. The molecular weight excluding hydrogens is 362 g/mol. The van der Waals surface area contributed by atoms with Gasteiger partial charge in [-0.25, -0.2) is 0 Å². The molecule has 0 aromatic heterocycles. The van der Waals surface area contributed by atoms with Gasteiger partial charge in [0.25, 0.3) is 0 Å². The minimum Gasteiger partial charge on any atom is -0.475 e. The van der Waals surface area contributed by atoms with Crippen molar-refractivity contribution in [1.82, 2.24) is 4.90 Å². The van der Waals surface area contributed by atoms with E-state index < -0.39 is 0 Å². The Balaban J connectivity index is 1.79. The van der Waals surface area contributed by atoms with Crippen molar-refractivity contribution in [2.45, 2.75) is 25.1 Å². The van der Waals surface area contributed by atoms with Crippen molar-refractivity contribution in [3.63, 3.8) is 0 Å². The molecule has 120 valence electrons. The van der Waals surface area contributed by atoms with E-state index in [0.717, 1.165) is 23.2 Å².